The highest BCUT2D eigenvalue weighted by molar-refractivity contribution is 8.03. The van der Waals surface area contributed by atoms with E-state index in [1.165, 1.54) is 16.9 Å². The smallest absolute Gasteiger partial charge is 0.197 e. The summed E-state index contributed by atoms with van der Waals surface area (Å²) in [6.07, 6.45) is 9.84. The fraction of sp³-hybridized carbons (Fsp3) is 0.600. The zero-order chi connectivity index (χ0) is 20.6. The molecule has 0 saturated carbocycles. The van der Waals surface area contributed by atoms with Gasteiger partial charge in [0.2, 0.25) is 0 Å². The van der Waals surface area contributed by atoms with Crippen LogP contribution in [-0.2, 0) is 4.74 Å². The van der Waals surface area contributed by atoms with Gasteiger partial charge in [0.05, 0.1) is 6.61 Å². The van der Waals surface area contributed by atoms with E-state index in [1.807, 2.05) is 18.7 Å². The predicted octanol–water partition coefficient (Wildman–Crippen LogP) is 7.57. The molecule has 1 aliphatic carbocycles. The molecule has 0 aliphatic heterocycles. The zero-order valence-corrected chi connectivity index (χ0v) is 19.4. The maximum Gasteiger partial charge on any atom is 0.197 e. The van der Waals surface area contributed by atoms with Crippen molar-refractivity contribution in [1.29, 1.82) is 0 Å². The second-order valence-electron chi connectivity index (χ2n) is 9.19. The summed E-state index contributed by atoms with van der Waals surface area (Å²) in [5.74, 6) is 3.04. The molecule has 0 amide bonds. The maximum atomic E-state index is 5.95. The molecule has 2 rings (SSSR count). The van der Waals surface area contributed by atoms with E-state index >= 15 is 0 Å². The Hall–Kier alpha value is -1.19. The van der Waals surface area contributed by atoms with Crippen LogP contribution in [-0.4, -0.2) is 18.6 Å². The normalized spacial score (nSPS) is 16.8. The van der Waals surface area contributed by atoms with Gasteiger partial charge < -0.3 is 9.47 Å². The van der Waals surface area contributed by atoms with Gasteiger partial charge in [-0.25, -0.2) is 0 Å². The summed E-state index contributed by atoms with van der Waals surface area (Å²) in [4.78, 5) is 1.45. The van der Waals surface area contributed by atoms with Crippen molar-refractivity contribution >= 4 is 11.8 Å². The van der Waals surface area contributed by atoms with Crippen LogP contribution in [0.4, 0.5) is 0 Å². The fourth-order valence-corrected chi connectivity index (χ4v) is 4.38. The first-order valence-electron chi connectivity index (χ1n) is 10.6. The number of benzene rings is 1. The van der Waals surface area contributed by atoms with Crippen molar-refractivity contribution in [3.8, 4) is 5.75 Å². The number of thioether (sulfide) groups is 1. The molecular formula is C25H38O2S. The quantitative estimate of drug-likeness (QED) is 0.297. The highest BCUT2D eigenvalue weighted by Crippen LogP contribution is 2.36. The second-order valence-corrected chi connectivity index (χ2v) is 10.4. The third-order valence-electron chi connectivity index (χ3n) is 4.95. The van der Waals surface area contributed by atoms with Crippen LogP contribution in [0.25, 0.3) is 0 Å². The summed E-state index contributed by atoms with van der Waals surface area (Å²) in [6.45, 7) is 14.3. The molecule has 0 heterocycles. The van der Waals surface area contributed by atoms with Crippen molar-refractivity contribution in [2.24, 2.45) is 11.3 Å². The SMILES string of the molecule is CC(OCCSC1=CC=CCC1)Oc1ccc(C(CC(C)(C)C)C(C)C)cc1. The molecule has 0 N–H and O–H groups in total. The number of allylic oxidation sites excluding steroid dienone is 4. The number of hydrogen-bond acceptors (Lipinski definition) is 3. The third-order valence-corrected chi connectivity index (χ3v) is 6.03. The molecule has 1 aromatic carbocycles. The Morgan fingerprint density at radius 1 is 1.07 bits per heavy atom. The van der Waals surface area contributed by atoms with Gasteiger partial charge in [-0.2, -0.15) is 0 Å². The first kappa shape index (κ1) is 23.1. The molecule has 156 valence electrons. The van der Waals surface area contributed by atoms with Gasteiger partial charge in [-0.1, -0.05) is 65.0 Å². The standard InChI is InChI=1S/C25H38O2S/c1-19(2)24(18-25(4,5)6)21-12-14-22(15-13-21)27-20(3)26-16-17-28-23-10-8-7-9-11-23/h7-8,10,12-15,19-20,24H,9,11,16-18H2,1-6H3. The minimum atomic E-state index is -0.234. The summed E-state index contributed by atoms with van der Waals surface area (Å²) in [6, 6.07) is 8.61. The summed E-state index contributed by atoms with van der Waals surface area (Å²) in [5.41, 5.74) is 1.73. The van der Waals surface area contributed by atoms with E-state index in [9.17, 15) is 0 Å². The summed E-state index contributed by atoms with van der Waals surface area (Å²) in [5, 5.41) is 0. The average Bonchev–Trinajstić information content (AvgIpc) is 2.64. The van der Waals surface area contributed by atoms with Crippen molar-refractivity contribution in [1.82, 2.24) is 0 Å². The van der Waals surface area contributed by atoms with Gasteiger partial charge in [-0.05, 0) is 66.0 Å². The molecule has 28 heavy (non-hydrogen) atoms. The summed E-state index contributed by atoms with van der Waals surface area (Å²) >= 11 is 1.89. The van der Waals surface area contributed by atoms with Crippen molar-refractivity contribution < 1.29 is 9.47 Å². The second kappa shape index (κ2) is 11.1. The average molecular weight is 403 g/mol. The summed E-state index contributed by atoms with van der Waals surface area (Å²) < 4.78 is 11.8. The largest absolute Gasteiger partial charge is 0.465 e. The van der Waals surface area contributed by atoms with E-state index < -0.39 is 0 Å². The van der Waals surface area contributed by atoms with E-state index in [0.29, 0.717) is 23.9 Å². The van der Waals surface area contributed by atoms with Crippen molar-refractivity contribution in [2.75, 3.05) is 12.4 Å². The first-order chi connectivity index (χ1) is 13.2. The van der Waals surface area contributed by atoms with Gasteiger partial charge in [0, 0.05) is 5.75 Å². The topological polar surface area (TPSA) is 18.5 Å². The molecule has 2 unspecified atom stereocenters. The van der Waals surface area contributed by atoms with E-state index in [1.54, 1.807) is 0 Å². The Morgan fingerprint density at radius 3 is 2.36 bits per heavy atom. The number of ether oxygens (including phenoxy) is 2. The molecule has 2 atom stereocenters. The lowest BCUT2D eigenvalue weighted by Crippen LogP contribution is -2.18. The van der Waals surface area contributed by atoms with Gasteiger partial charge in [0.15, 0.2) is 6.29 Å². The lowest BCUT2D eigenvalue weighted by molar-refractivity contribution is -0.0602. The van der Waals surface area contributed by atoms with Gasteiger partial charge in [-0.15, -0.1) is 11.8 Å². The lowest BCUT2D eigenvalue weighted by Gasteiger charge is -2.29. The van der Waals surface area contributed by atoms with Gasteiger partial charge >= 0.3 is 0 Å². The molecule has 0 saturated heterocycles. The van der Waals surface area contributed by atoms with Crippen molar-refractivity contribution in [2.45, 2.75) is 73.0 Å². The Morgan fingerprint density at radius 2 is 1.79 bits per heavy atom. The first-order valence-corrected chi connectivity index (χ1v) is 11.6. The van der Waals surface area contributed by atoms with E-state index in [2.05, 4.69) is 77.1 Å². The van der Waals surface area contributed by atoms with Crippen molar-refractivity contribution in [3.05, 3.63) is 53.0 Å². The van der Waals surface area contributed by atoms with Crippen LogP contribution in [0.5, 0.6) is 5.75 Å². The minimum absolute atomic E-state index is 0.234. The maximum absolute atomic E-state index is 5.95. The van der Waals surface area contributed by atoms with Crippen LogP contribution >= 0.6 is 11.8 Å². The lowest BCUT2D eigenvalue weighted by atomic mass is 9.76. The molecule has 1 aliphatic rings. The third kappa shape index (κ3) is 8.45. The Bertz CT molecular complexity index is 638. The van der Waals surface area contributed by atoms with E-state index in [4.69, 9.17) is 9.47 Å². The van der Waals surface area contributed by atoms with Gasteiger partial charge in [0.1, 0.15) is 5.75 Å². The Balaban J connectivity index is 1.78. The van der Waals surface area contributed by atoms with Crippen LogP contribution in [0.1, 0.15) is 72.3 Å². The summed E-state index contributed by atoms with van der Waals surface area (Å²) in [7, 11) is 0. The highest BCUT2D eigenvalue weighted by Gasteiger charge is 2.23. The molecule has 0 aromatic heterocycles. The van der Waals surface area contributed by atoms with Gasteiger partial charge in [0.25, 0.3) is 0 Å². The Labute approximate surface area is 176 Å². The zero-order valence-electron chi connectivity index (χ0n) is 18.5. The minimum Gasteiger partial charge on any atom is -0.465 e. The van der Waals surface area contributed by atoms with Gasteiger partial charge in [-0.3, -0.25) is 0 Å². The van der Waals surface area contributed by atoms with Crippen LogP contribution in [0.15, 0.2) is 47.4 Å². The van der Waals surface area contributed by atoms with Crippen LogP contribution in [0, 0.1) is 11.3 Å². The molecule has 0 radical (unpaired) electrons. The van der Waals surface area contributed by atoms with E-state index in [0.717, 1.165) is 24.3 Å². The Kier molecular flexibility index (Phi) is 9.17. The molecule has 2 nitrogen and oxygen atoms in total. The number of hydrogen-bond donors (Lipinski definition) is 0. The molecule has 1 aromatic rings. The molecule has 0 spiro atoms. The fourth-order valence-electron chi connectivity index (χ4n) is 3.51. The van der Waals surface area contributed by atoms with Crippen LogP contribution in [0.2, 0.25) is 0 Å². The predicted molar refractivity (Wildman–Crippen MR) is 123 cm³/mol. The highest BCUT2D eigenvalue weighted by atomic mass is 32.2. The monoisotopic (exact) mass is 402 g/mol. The molecular weight excluding hydrogens is 364 g/mol. The molecule has 0 bridgehead atoms. The molecule has 0 fully saturated rings. The van der Waals surface area contributed by atoms with Crippen molar-refractivity contribution in [3.63, 3.8) is 0 Å². The molecule has 3 heteroatoms. The van der Waals surface area contributed by atoms with E-state index in [-0.39, 0.29) is 6.29 Å². The van der Waals surface area contributed by atoms with Crippen LogP contribution in [0.3, 0.4) is 0 Å². The van der Waals surface area contributed by atoms with Crippen LogP contribution < -0.4 is 4.74 Å². The number of rotatable bonds is 10.